The maximum Gasteiger partial charge on any atom is 0.123 e. The molecule has 1 fully saturated rings. The highest BCUT2D eigenvalue weighted by atomic mass is 32.1. The van der Waals surface area contributed by atoms with Gasteiger partial charge in [-0.3, -0.25) is 0 Å². The summed E-state index contributed by atoms with van der Waals surface area (Å²) in [5.74, 6) is 0. The third-order valence-electron chi connectivity index (χ3n) is 2.12. The van der Waals surface area contributed by atoms with E-state index >= 15 is 0 Å². The number of thiazole rings is 1. The first-order valence-corrected chi connectivity index (χ1v) is 5.48. The Morgan fingerprint density at radius 1 is 1.77 bits per heavy atom. The van der Waals surface area contributed by atoms with Crippen LogP contribution in [0.25, 0.3) is 0 Å². The lowest BCUT2D eigenvalue weighted by Crippen LogP contribution is -2.33. The van der Waals surface area contributed by atoms with Gasteiger partial charge in [0.2, 0.25) is 0 Å². The number of morpholine rings is 1. The van der Waals surface area contributed by atoms with E-state index in [1.807, 2.05) is 6.20 Å². The molecular weight excluding hydrogens is 184 g/mol. The smallest absolute Gasteiger partial charge is 0.123 e. The van der Waals surface area contributed by atoms with Crippen molar-refractivity contribution >= 4 is 11.3 Å². The molecule has 13 heavy (non-hydrogen) atoms. The van der Waals surface area contributed by atoms with Crippen LogP contribution in [0.2, 0.25) is 0 Å². The van der Waals surface area contributed by atoms with E-state index in [1.165, 1.54) is 4.88 Å². The number of ether oxygens (including phenoxy) is 1. The van der Waals surface area contributed by atoms with Gasteiger partial charge in [0.25, 0.3) is 0 Å². The summed E-state index contributed by atoms with van der Waals surface area (Å²) in [5.41, 5.74) is 0. The van der Waals surface area contributed by atoms with Crippen LogP contribution in [0.4, 0.5) is 0 Å². The Hall–Kier alpha value is -0.450. The van der Waals surface area contributed by atoms with Crippen LogP contribution >= 0.6 is 11.3 Å². The van der Waals surface area contributed by atoms with Crippen LogP contribution in [0.15, 0.2) is 6.20 Å². The van der Waals surface area contributed by atoms with Gasteiger partial charge < -0.3 is 10.1 Å². The third kappa shape index (κ3) is 2.07. The van der Waals surface area contributed by atoms with Gasteiger partial charge in [0.15, 0.2) is 0 Å². The van der Waals surface area contributed by atoms with Crippen molar-refractivity contribution in [1.29, 1.82) is 0 Å². The lowest BCUT2D eigenvalue weighted by Gasteiger charge is -2.21. The molecule has 1 aliphatic heterocycles. The molecule has 0 saturated carbocycles. The van der Waals surface area contributed by atoms with Crippen LogP contribution < -0.4 is 5.32 Å². The molecule has 0 aliphatic carbocycles. The molecule has 72 valence electrons. The molecule has 0 bridgehead atoms. The van der Waals surface area contributed by atoms with Gasteiger partial charge in [0, 0.05) is 24.2 Å². The third-order valence-corrected chi connectivity index (χ3v) is 3.36. The van der Waals surface area contributed by atoms with E-state index < -0.39 is 0 Å². The van der Waals surface area contributed by atoms with Crippen molar-refractivity contribution in [3.8, 4) is 0 Å². The monoisotopic (exact) mass is 198 g/mol. The lowest BCUT2D eigenvalue weighted by molar-refractivity contribution is 0.0275. The van der Waals surface area contributed by atoms with Crippen LogP contribution in [0, 0.1) is 0 Å². The molecule has 0 amide bonds. The van der Waals surface area contributed by atoms with Crippen LogP contribution in [0.1, 0.15) is 22.9 Å². The molecule has 4 heteroatoms. The summed E-state index contributed by atoms with van der Waals surface area (Å²) >= 11 is 1.76. The summed E-state index contributed by atoms with van der Waals surface area (Å²) in [6.45, 7) is 4.81. The maximum atomic E-state index is 5.61. The van der Waals surface area contributed by atoms with E-state index in [-0.39, 0.29) is 6.10 Å². The maximum absolute atomic E-state index is 5.61. The zero-order valence-electron chi connectivity index (χ0n) is 7.75. The Kier molecular flexibility index (Phi) is 2.93. The topological polar surface area (TPSA) is 34.2 Å². The Labute approximate surface area is 82.1 Å². The van der Waals surface area contributed by atoms with Gasteiger partial charge in [-0.15, -0.1) is 11.3 Å². The fourth-order valence-corrected chi connectivity index (χ4v) is 2.27. The molecule has 1 aromatic heterocycles. The second-order valence-electron chi connectivity index (χ2n) is 3.08. The molecule has 1 aliphatic rings. The van der Waals surface area contributed by atoms with Crippen LogP contribution in [-0.4, -0.2) is 24.7 Å². The summed E-state index contributed by atoms with van der Waals surface area (Å²) < 4.78 is 5.61. The number of aryl methyl sites for hydroxylation is 1. The molecule has 0 aromatic carbocycles. The number of aromatic nitrogens is 1. The summed E-state index contributed by atoms with van der Waals surface area (Å²) in [4.78, 5) is 5.70. The first-order chi connectivity index (χ1) is 6.40. The largest absolute Gasteiger partial charge is 0.368 e. The molecule has 1 atom stereocenters. The van der Waals surface area contributed by atoms with E-state index in [9.17, 15) is 0 Å². The predicted molar refractivity (Wildman–Crippen MR) is 53.1 cm³/mol. The van der Waals surface area contributed by atoms with Gasteiger partial charge in [-0.05, 0) is 6.42 Å². The molecule has 1 saturated heterocycles. The number of rotatable bonds is 2. The second kappa shape index (κ2) is 4.17. The van der Waals surface area contributed by atoms with Gasteiger partial charge in [0.1, 0.15) is 11.1 Å². The summed E-state index contributed by atoms with van der Waals surface area (Å²) in [7, 11) is 0. The Morgan fingerprint density at radius 2 is 2.69 bits per heavy atom. The highest BCUT2D eigenvalue weighted by molar-refractivity contribution is 7.11. The Balaban J connectivity index is 2.05. The Bertz CT molecular complexity index is 268. The second-order valence-corrected chi connectivity index (χ2v) is 4.23. The van der Waals surface area contributed by atoms with E-state index in [0.717, 1.165) is 31.1 Å². The zero-order valence-corrected chi connectivity index (χ0v) is 8.56. The van der Waals surface area contributed by atoms with Crippen molar-refractivity contribution in [3.63, 3.8) is 0 Å². The molecule has 3 nitrogen and oxygen atoms in total. The number of nitrogens with one attached hydrogen (secondary N) is 1. The van der Waals surface area contributed by atoms with Crippen molar-refractivity contribution in [2.45, 2.75) is 19.4 Å². The van der Waals surface area contributed by atoms with Crippen LogP contribution in [0.5, 0.6) is 0 Å². The van der Waals surface area contributed by atoms with E-state index in [2.05, 4.69) is 17.2 Å². The standard InChI is InChI=1S/C9H14N2OS/c1-2-7-5-11-9(13-7)8-6-10-3-4-12-8/h5,8,10H,2-4,6H2,1H3. The highest BCUT2D eigenvalue weighted by Gasteiger charge is 2.18. The molecule has 1 unspecified atom stereocenters. The zero-order chi connectivity index (χ0) is 9.10. The van der Waals surface area contributed by atoms with Crippen molar-refractivity contribution in [2.24, 2.45) is 0 Å². The fraction of sp³-hybridized carbons (Fsp3) is 0.667. The summed E-state index contributed by atoms with van der Waals surface area (Å²) in [6, 6.07) is 0. The quantitative estimate of drug-likeness (QED) is 0.779. The minimum absolute atomic E-state index is 0.180. The van der Waals surface area contributed by atoms with Gasteiger partial charge in [-0.25, -0.2) is 4.98 Å². The molecule has 0 radical (unpaired) electrons. The average Bonchev–Trinajstić information content (AvgIpc) is 2.67. The van der Waals surface area contributed by atoms with Gasteiger partial charge in [0.05, 0.1) is 6.61 Å². The molecule has 1 N–H and O–H groups in total. The fourth-order valence-electron chi connectivity index (χ4n) is 1.36. The number of hydrogen-bond donors (Lipinski definition) is 1. The molecule has 2 heterocycles. The lowest BCUT2D eigenvalue weighted by atomic mass is 10.3. The first kappa shape index (κ1) is 9.12. The molecule has 0 spiro atoms. The minimum Gasteiger partial charge on any atom is -0.368 e. The predicted octanol–water partition coefficient (Wildman–Crippen LogP) is 1.37. The van der Waals surface area contributed by atoms with Crippen molar-refractivity contribution in [1.82, 2.24) is 10.3 Å². The highest BCUT2D eigenvalue weighted by Crippen LogP contribution is 2.23. The number of hydrogen-bond acceptors (Lipinski definition) is 4. The number of nitrogens with zero attached hydrogens (tertiary/aromatic N) is 1. The van der Waals surface area contributed by atoms with Crippen molar-refractivity contribution in [2.75, 3.05) is 19.7 Å². The normalized spacial score (nSPS) is 23.3. The molecule has 1 aromatic rings. The van der Waals surface area contributed by atoms with Crippen molar-refractivity contribution < 1.29 is 4.74 Å². The molecular formula is C9H14N2OS. The summed E-state index contributed by atoms with van der Waals surface area (Å²) in [5, 5.41) is 4.42. The van der Waals surface area contributed by atoms with E-state index in [0.29, 0.717) is 0 Å². The van der Waals surface area contributed by atoms with Crippen LogP contribution in [0.3, 0.4) is 0 Å². The van der Waals surface area contributed by atoms with E-state index in [1.54, 1.807) is 11.3 Å². The van der Waals surface area contributed by atoms with E-state index in [4.69, 9.17) is 4.74 Å². The first-order valence-electron chi connectivity index (χ1n) is 4.67. The van der Waals surface area contributed by atoms with Crippen molar-refractivity contribution in [3.05, 3.63) is 16.1 Å². The van der Waals surface area contributed by atoms with Gasteiger partial charge in [-0.1, -0.05) is 6.92 Å². The Morgan fingerprint density at radius 3 is 3.31 bits per heavy atom. The molecule has 2 rings (SSSR count). The SMILES string of the molecule is CCc1cnc(C2CNCCO2)s1. The summed E-state index contributed by atoms with van der Waals surface area (Å²) in [6.07, 6.45) is 3.20. The van der Waals surface area contributed by atoms with Gasteiger partial charge >= 0.3 is 0 Å². The average molecular weight is 198 g/mol. The van der Waals surface area contributed by atoms with Crippen LogP contribution in [-0.2, 0) is 11.2 Å². The minimum atomic E-state index is 0.180. The van der Waals surface area contributed by atoms with Gasteiger partial charge in [-0.2, -0.15) is 0 Å².